The van der Waals surface area contributed by atoms with Gasteiger partial charge in [0.2, 0.25) is 5.91 Å². The first-order chi connectivity index (χ1) is 8.11. The number of hydrogen-bond donors (Lipinski definition) is 1. The average Bonchev–Trinajstić information content (AvgIpc) is 2.27. The molecule has 0 aliphatic carbocycles. The second kappa shape index (κ2) is 13.0. The van der Waals surface area contributed by atoms with E-state index in [0.29, 0.717) is 25.9 Å². The van der Waals surface area contributed by atoms with Crippen LogP contribution in [0.1, 0.15) is 45.4 Å². The van der Waals surface area contributed by atoms with E-state index in [1.807, 2.05) is 6.92 Å². The third kappa shape index (κ3) is 10.7. The summed E-state index contributed by atoms with van der Waals surface area (Å²) in [5.74, 6) is -0.153. The molecule has 0 aromatic heterocycles. The minimum absolute atomic E-state index is 0. The number of halogens is 3. The summed E-state index contributed by atoms with van der Waals surface area (Å²) in [4.78, 5) is 12.9. The number of amides is 1. The number of alkyl halides is 2. The van der Waals surface area contributed by atoms with Crippen molar-refractivity contribution in [3.8, 4) is 0 Å². The fourth-order valence-corrected chi connectivity index (χ4v) is 1.69. The third-order valence-electron chi connectivity index (χ3n) is 2.55. The van der Waals surface area contributed by atoms with Crippen molar-refractivity contribution in [3.05, 3.63) is 0 Å². The number of carbonyl (C=O) groups excluding carboxylic acids is 1. The van der Waals surface area contributed by atoms with Crippen molar-refractivity contribution >= 4 is 18.3 Å². The molecule has 0 spiro atoms. The standard InChI is InChI=1S/C12H24F2N2O.ClH/c1-2-9-16(10-11(13)14)12(17)7-5-3-4-6-8-15;/h11H,2-10,15H2,1H3;1H. The Labute approximate surface area is 114 Å². The molecule has 0 unspecified atom stereocenters. The Hall–Kier alpha value is -0.420. The molecule has 2 N–H and O–H groups in total. The Balaban J connectivity index is 0. The molecule has 0 rings (SSSR count). The van der Waals surface area contributed by atoms with Gasteiger partial charge in [0.05, 0.1) is 6.54 Å². The second-order valence-corrected chi connectivity index (χ2v) is 4.18. The van der Waals surface area contributed by atoms with Gasteiger partial charge in [-0.25, -0.2) is 8.78 Å². The molecule has 0 atom stereocenters. The number of nitrogens with zero attached hydrogens (tertiary/aromatic N) is 1. The molecule has 110 valence electrons. The molecule has 0 aliphatic rings. The molecular weight excluding hydrogens is 262 g/mol. The molecule has 0 aromatic rings. The molecule has 1 amide bonds. The van der Waals surface area contributed by atoms with E-state index in [2.05, 4.69) is 0 Å². The Morgan fingerprint density at radius 1 is 1.22 bits per heavy atom. The highest BCUT2D eigenvalue weighted by Crippen LogP contribution is 2.07. The number of unbranched alkanes of at least 4 members (excludes halogenated alkanes) is 3. The monoisotopic (exact) mass is 286 g/mol. The van der Waals surface area contributed by atoms with Crippen molar-refractivity contribution in [1.82, 2.24) is 4.90 Å². The molecule has 0 saturated carbocycles. The van der Waals surface area contributed by atoms with Crippen molar-refractivity contribution < 1.29 is 13.6 Å². The highest BCUT2D eigenvalue weighted by atomic mass is 35.5. The summed E-state index contributed by atoms with van der Waals surface area (Å²) in [6.07, 6.45) is 2.32. The van der Waals surface area contributed by atoms with Crippen LogP contribution in [0.3, 0.4) is 0 Å². The maximum atomic E-state index is 12.2. The van der Waals surface area contributed by atoms with Gasteiger partial charge in [0.1, 0.15) is 0 Å². The van der Waals surface area contributed by atoms with Gasteiger partial charge in [-0.3, -0.25) is 4.79 Å². The zero-order valence-corrected chi connectivity index (χ0v) is 11.9. The summed E-state index contributed by atoms with van der Waals surface area (Å²) in [6, 6.07) is 0. The number of nitrogens with two attached hydrogens (primary N) is 1. The second-order valence-electron chi connectivity index (χ2n) is 4.18. The van der Waals surface area contributed by atoms with Gasteiger partial charge in [0.15, 0.2) is 0 Å². The lowest BCUT2D eigenvalue weighted by Gasteiger charge is -2.21. The van der Waals surface area contributed by atoms with Gasteiger partial charge in [0, 0.05) is 13.0 Å². The van der Waals surface area contributed by atoms with E-state index in [-0.39, 0.29) is 18.3 Å². The van der Waals surface area contributed by atoms with Crippen LogP contribution in [0.2, 0.25) is 0 Å². The van der Waals surface area contributed by atoms with E-state index >= 15 is 0 Å². The Morgan fingerprint density at radius 3 is 2.33 bits per heavy atom. The summed E-state index contributed by atoms with van der Waals surface area (Å²) in [7, 11) is 0. The normalized spacial score (nSPS) is 10.3. The fraction of sp³-hybridized carbons (Fsp3) is 0.917. The van der Waals surface area contributed by atoms with Gasteiger partial charge in [-0.1, -0.05) is 19.8 Å². The van der Waals surface area contributed by atoms with Gasteiger partial charge in [-0.15, -0.1) is 12.4 Å². The Bertz CT molecular complexity index is 207. The molecule has 0 bridgehead atoms. The van der Waals surface area contributed by atoms with Crippen molar-refractivity contribution in [1.29, 1.82) is 0 Å². The highest BCUT2D eigenvalue weighted by molar-refractivity contribution is 5.85. The van der Waals surface area contributed by atoms with Crippen molar-refractivity contribution in [2.75, 3.05) is 19.6 Å². The van der Waals surface area contributed by atoms with E-state index in [1.54, 1.807) is 0 Å². The maximum absolute atomic E-state index is 12.2. The van der Waals surface area contributed by atoms with Crippen LogP contribution in [0.15, 0.2) is 0 Å². The zero-order valence-electron chi connectivity index (χ0n) is 11.0. The predicted octanol–water partition coefficient (Wildman–Crippen LogP) is 2.82. The van der Waals surface area contributed by atoms with Crippen molar-refractivity contribution in [2.45, 2.75) is 51.9 Å². The van der Waals surface area contributed by atoms with Gasteiger partial charge < -0.3 is 10.6 Å². The number of hydrogen-bond acceptors (Lipinski definition) is 2. The van der Waals surface area contributed by atoms with Crippen LogP contribution in [0.25, 0.3) is 0 Å². The van der Waals surface area contributed by atoms with E-state index in [0.717, 1.165) is 25.7 Å². The third-order valence-corrected chi connectivity index (χ3v) is 2.55. The van der Waals surface area contributed by atoms with Crippen LogP contribution >= 0.6 is 12.4 Å². The largest absolute Gasteiger partial charge is 0.337 e. The van der Waals surface area contributed by atoms with E-state index < -0.39 is 13.0 Å². The Morgan fingerprint density at radius 2 is 1.83 bits per heavy atom. The quantitative estimate of drug-likeness (QED) is 0.628. The lowest BCUT2D eigenvalue weighted by molar-refractivity contribution is -0.133. The lowest BCUT2D eigenvalue weighted by atomic mass is 10.1. The van der Waals surface area contributed by atoms with Gasteiger partial charge in [-0.2, -0.15) is 0 Å². The lowest BCUT2D eigenvalue weighted by Crippen LogP contribution is -2.35. The zero-order chi connectivity index (χ0) is 13.1. The molecule has 0 radical (unpaired) electrons. The van der Waals surface area contributed by atoms with Crippen LogP contribution in [0, 0.1) is 0 Å². The summed E-state index contributed by atoms with van der Waals surface area (Å²) < 4.78 is 24.5. The molecular formula is C12H25ClF2N2O. The SMILES string of the molecule is CCCN(CC(F)F)C(=O)CCCCCCN.Cl. The summed E-state index contributed by atoms with van der Waals surface area (Å²) in [6.45, 7) is 2.54. The van der Waals surface area contributed by atoms with Crippen LogP contribution in [0.5, 0.6) is 0 Å². The molecule has 18 heavy (non-hydrogen) atoms. The van der Waals surface area contributed by atoms with Crippen LogP contribution in [-0.4, -0.2) is 36.9 Å². The fourth-order valence-electron chi connectivity index (χ4n) is 1.69. The average molecular weight is 287 g/mol. The predicted molar refractivity (Wildman–Crippen MR) is 72.3 cm³/mol. The minimum Gasteiger partial charge on any atom is -0.337 e. The van der Waals surface area contributed by atoms with E-state index in [4.69, 9.17) is 5.73 Å². The summed E-state index contributed by atoms with van der Waals surface area (Å²) in [5.41, 5.74) is 5.35. The molecule has 0 heterocycles. The molecule has 0 aromatic carbocycles. The smallest absolute Gasteiger partial charge is 0.255 e. The maximum Gasteiger partial charge on any atom is 0.255 e. The first-order valence-electron chi connectivity index (χ1n) is 6.37. The molecule has 0 aliphatic heterocycles. The summed E-state index contributed by atoms with van der Waals surface area (Å²) in [5, 5.41) is 0. The van der Waals surface area contributed by atoms with Gasteiger partial charge in [0.25, 0.3) is 6.43 Å². The van der Waals surface area contributed by atoms with E-state index in [9.17, 15) is 13.6 Å². The van der Waals surface area contributed by atoms with Crippen molar-refractivity contribution in [2.24, 2.45) is 5.73 Å². The first kappa shape index (κ1) is 19.9. The van der Waals surface area contributed by atoms with Crippen LogP contribution in [0.4, 0.5) is 8.78 Å². The van der Waals surface area contributed by atoms with Crippen LogP contribution < -0.4 is 5.73 Å². The molecule has 0 saturated heterocycles. The summed E-state index contributed by atoms with van der Waals surface area (Å²) >= 11 is 0. The molecule has 3 nitrogen and oxygen atoms in total. The van der Waals surface area contributed by atoms with Gasteiger partial charge in [-0.05, 0) is 25.8 Å². The number of rotatable bonds is 10. The number of carbonyl (C=O) groups is 1. The van der Waals surface area contributed by atoms with Gasteiger partial charge >= 0.3 is 0 Å². The molecule has 0 fully saturated rings. The Kier molecular flexibility index (Phi) is 14.4. The topological polar surface area (TPSA) is 46.3 Å². The van der Waals surface area contributed by atoms with E-state index in [1.165, 1.54) is 4.90 Å². The van der Waals surface area contributed by atoms with Crippen LogP contribution in [-0.2, 0) is 4.79 Å². The van der Waals surface area contributed by atoms with Crippen molar-refractivity contribution in [3.63, 3.8) is 0 Å². The molecule has 6 heteroatoms. The first-order valence-corrected chi connectivity index (χ1v) is 6.37. The highest BCUT2D eigenvalue weighted by Gasteiger charge is 2.16. The minimum atomic E-state index is -2.44.